The minimum Gasteiger partial charge on any atom is -0.352 e. The van der Waals surface area contributed by atoms with Crippen molar-refractivity contribution in [3.8, 4) is 0 Å². The zero-order valence-corrected chi connectivity index (χ0v) is 22.8. The Balaban J connectivity index is 0. The topological polar surface area (TPSA) is 142 Å². The van der Waals surface area contributed by atoms with Gasteiger partial charge in [0.1, 0.15) is 12.1 Å². The summed E-state index contributed by atoms with van der Waals surface area (Å²) in [6, 6.07) is 5.22. The molecule has 0 radical (unpaired) electrons. The summed E-state index contributed by atoms with van der Waals surface area (Å²) in [7, 11) is 0. The molecule has 5 amide bonds. The van der Waals surface area contributed by atoms with E-state index in [2.05, 4.69) is 21.3 Å². The summed E-state index contributed by atoms with van der Waals surface area (Å²) in [6.45, 7) is 15.7. The van der Waals surface area contributed by atoms with Gasteiger partial charge < -0.3 is 27.0 Å². The van der Waals surface area contributed by atoms with Gasteiger partial charge in [0.2, 0.25) is 17.7 Å². The molecule has 0 heterocycles. The van der Waals surface area contributed by atoms with Crippen LogP contribution in [-0.2, 0) is 20.8 Å². The average Bonchev–Trinajstić information content (AvgIpc) is 2.86. The van der Waals surface area contributed by atoms with Gasteiger partial charge in [-0.1, -0.05) is 67.5 Å². The van der Waals surface area contributed by atoms with Gasteiger partial charge >= 0.3 is 6.03 Å². The molecular formula is C26H47N5O4. The number of carbonyl (C=O) groups is 4. The maximum absolute atomic E-state index is 12.9. The number of hydrogen-bond donors (Lipinski definition) is 5. The smallest absolute Gasteiger partial charge is 0.312 e. The number of anilines is 1. The first-order valence-corrected chi connectivity index (χ1v) is 12.7. The molecule has 1 aromatic rings. The molecule has 0 aliphatic rings. The van der Waals surface area contributed by atoms with Gasteiger partial charge in [0, 0.05) is 18.7 Å². The molecule has 0 fully saturated rings. The van der Waals surface area contributed by atoms with E-state index in [9.17, 15) is 19.2 Å². The molecule has 0 aromatic heterocycles. The number of urea groups is 1. The van der Waals surface area contributed by atoms with Crippen molar-refractivity contribution in [3.05, 3.63) is 29.8 Å². The number of hydrogen-bond acceptors (Lipinski definition) is 4. The van der Waals surface area contributed by atoms with Crippen LogP contribution in [-0.4, -0.2) is 42.4 Å². The first kappa shape index (κ1) is 34.1. The number of benzene rings is 1. The van der Waals surface area contributed by atoms with Gasteiger partial charge in [0.05, 0.1) is 0 Å². The van der Waals surface area contributed by atoms with Gasteiger partial charge in [0.15, 0.2) is 0 Å². The van der Waals surface area contributed by atoms with Crippen LogP contribution >= 0.6 is 0 Å². The van der Waals surface area contributed by atoms with Crippen molar-refractivity contribution in [2.24, 2.45) is 11.7 Å². The van der Waals surface area contributed by atoms with Crippen molar-refractivity contribution in [1.29, 1.82) is 0 Å². The van der Waals surface area contributed by atoms with Crippen LogP contribution in [0.1, 0.15) is 80.2 Å². The van der Waals surface area contributed by atoms with Crippen LogP contribution in [0.15, 0.2) is 24.3 Å². The molecule has 9 nitrogen and oxygen atoms in total. The van der Waals surface area contributed by atoms with Gasteiger partial charge in [-0.25, -0.2) is 4.79 Å². The number of carbonyl (C=O) groups excluding carboxylic acids is 4. The molecule has 0 spiro atoms. The molecule has 2 atom stereocenters. The Morgan fingerprint density at radius 3 is 1.91 bits per heavy atom. The minimum absolute atomic E-state index is 0.155. The van der Waals surface area contributed by atoms with Gasteiger partial charge in [-0.15, -0.1) is 0 Å². The molecule has 35 heavy (non-hydrogen) atoms. The Labute approximate surface area is 211 Å². The fourth-order valence-corrected chi connectivity index (χ4v) is 2.91. The van der Waals surface area contributed by atoms with Crippen LogP contribution in [0.2, 0.25) is 0 Å². The normalized spacial score (nSPS) is 11.5. The molecule has 9 heteroatoms. The maximum atomic E-state index is 12.9. The third kappa shape index (κ3) is 14.7. The second-order valence-corrected chi connectivity index (χ2v) is 7.68. The lowest BCUT2D eigenvalue weighted by Crippen LogP contribution is -2.54. The minimum atomic E-state index is -0.840. The van der Waals surface area contributed by atoms with Crippen LogP contribution < -0.4 is 27.0 Å². The van der Waals surface area contributed by atoms with Gasteiger partial charge in [-0.3, -0.25) is 14.4 Å². The van der Waals surface area contributed by atoms with Crippen LogP contribution in [0.5, 0.6) is 0 Å². The average molecular weight is 494 g/mol. The molecule has 1 rings (SSSR count). The zero-order valence-electron chi connectivity index (χ0n) is 22.8. The van der Waals surface area contributed by atoms with Crippen LogP contribution in [0.3, 0.4) is 0 Å². The third-order valence-electron chi connectivity index (χ3n) is 4.82. The number of aryl methyl sites for hydroxylation is 1. The van der Waals surface area contributed by atoms with E-state index in [-0.39, 0.29) is 37.1 Å². The van der Waals surface area contributed by atoms with Gasteiger partial charge in [0.25, 0.3) is 0 Å². The third-order valence-corrected chi connectivity index (χ3v) is 4.82. The number of primary amides is 1. The highest BCUT2D eigenvalue weighted by atomic mass is 16.2. The monoisotopic (exact) mass is 493 g/mol. The van der Waals surface area contributed by atoms with Gasteiger partial charge in [-0.2, -0.15) is 0 Å². The molecular weight excluding hydrogens is 446 g/mol. The second kappa shape index (κ2) is 20.3. The summed E-state index contributed by atoms with van der Waals surface area (Å²) < 4.78 is 0. The molecule has 1 aromatic carbocycles. The van der Waals surface area contributed by atoms with Crippen molar-refractivity contribution in [1.82, 2.24) is 16.0 Å². The first-order chi connectivity index (χ1) is 16.7. The van der Waals surface area contributed by atoms with Crippen LogP contribution in [0.25, 0.3) is 0 Å². The van der Waals surface area contributed by atoms with Crippen molar-refractivity contribution in [2.45, 2.75) is 93.2 Å². The highest BCUT2D eigenvalue weighted by Crippen LogP contribution is 2.12. The number of nitrogens with two attached hydrogens (primary N) is 1. The highest BCUT2D eigenvalue weighted by molar-refractivity contribution is 5.98. The van der Waals surface area contributed by atoms with E-state index in [4.69, 9.17) is 5.73 Å². The lowest BCUT2D eigenvalue weighted by atomic mass is 10.0. The summed E-state index contributed by atoms with van der Waals surface area (Å²) in [5.41, 5.74) is 6.84. The molecule has 200 valence electrons. The Kier molecular flexibility index (Phi) is 19.7. The predicted octanol–water partition coefficient (Wildman–Crippen LogP) is 3.72. The summed E-state index contributed by atoms with van der Waals surface area (Å²) >= 11 is 0. The Morgan fingerprint density at radius 2 is 1.46 bits per heavy atom. The maximum Gasteiger partial charge on any atom is 0.312 e. The summed E-state index contributed by atoms with van der Waals surface area (Å²) in [5, 5.41) is 10.7. The quantitative estimate of drug-likeness (QED) is 0.283. The highest BCUT2D eigenvalue weighted by Gasteiger charge is 2.28. The van der Waals surface area contributed by atoms with Crippen molar-refractivity contribution in [3.63, 3.8) is 0 Å². The van der Waals surface area contributed by atoms with Gasteiger partial charge in [-0.05, 0) is 42.9 Å². The SMILES string of the molecule is CC.CC.CCC(=O)NC(C(=O)NC(CCCNC(N)=O)C(=O)Nc1ccc(CC)cc1)C(C)C. The molecule has 0 bridgehead atoms. The standard InChI is InChI=1S/C22H35N5O4.2C2H6/c1-5-15-9-11-16(12-10-15)25-20(29)17(8-7-13-24-22(23)31)26-21(30)19(14(3)4)27-18(28)6-2;2*1-2/h9-12,14,17,19H,5-8,13H2,1-4H3,(H,25,29)(H,26,30)(H,27,28)(H3,23,24,31);2*1-2H3. The van der Waals surface area contributed by atoms with E-state index in [1.165, 1.54) is 0 Å². The predicted molar refractivity (Wildman–Crippen MR) is 143 cm³/mol. The van der Waals surface area contributed by atoms with E-state index in [1.54, 1.807) is 6.92 Å². The molecule has 0 aliphatic heterocycles. The first-order valence-electron chi connectivity index (χ1n) is 12.7. The summed E-state index contributed by atoms with van der Waals surface area (Å²) in [6.07, 6.45) is 1.87. The second-order valence-electron chi connectivity index (χ2n) is 7.68. The van der Waals surface area contributed by atoms with Crippen LogP contribution in [0.4, 0.5) is 10.5 Å². The Bertz CT molecular complexity index is 751. The van der Waals surface area contributed by atoms with E-state index in [0.717, 1.165) is 12.0 Å². The molecule has 6 N–H and O–H groups in total. The van der Waals surface area contributed by atoms with E-state index in [1.807, 2.05) is 72.7 Å². The lowest BCUT2D eigenvalue weighted by Gasteiger charge is -2.25. The van der Waals surface area contributed by atoms with Crippen molar-refractivity contribution < 1.29 is 19.2 Å². The van der Waals surface area contributed by atoms with Crippen molar-refractivity contribution >= 4 is 29.4 Å². The zero-order chi connectivity index (χ0) is 27.4. The Hall–Kier alpha value is -3.10. The summed E-state index contributed by atoms with van der Waals surface area (Å²) in [4.78, 5) is 48.4. The van der Waals surface area contributed by atoms with E-state index < -0.39 is 24.0 Å². The van der Waals surface area contributed by atoms with Crippen LogP contribution in [0, 0.1) is 5.92 Å². The molecule has 0 aliphatic carbocycles. The molecule has 0 saturated carbocycles. The fourth-order valence-electron chi connectivity index (χ4n) is 2.91. The Morgan fingerprint density at radius 1 is 0.886 bits per heavy atom. The molecule has 0 saturated heterocycles. The molecule has 2 unspecified atom stereocenters. The van der Waals surface area contributed by atoms with E-state index >= 15 is 0 Å². The summed E-state index contributed by atoms with van der Waals surface area (Å²) in [5.74, 6) is -1.20. The van der Waals surface area contributed by atoms with Crippen molar-refractivity contribution in [2.75, 3.05) is 11.9 Å². The largest absolute Gasteiger partial charge is 0.352 e. The fraction of sp³-hybridized carbons (Fsp3) is 0.615. The lowest BCUT2D eigenvalue weighted by molar-refractivity contribution is -0.132. The number of nitrogens with one attached hydrogen (secondary N) is 4. The van der Waals surface area contributed by atoms with E-state index in [0.29, 0.717) is 12.1 Å². The number of rotatable bonds is 12. The number of amides is 5.